The molecule has 1 amide bonds. The van der Waals surface area contributed by atoms with Gasteiger partial charge in [-0.2, -0.15) is 5.26 Å². The number of anilines is 1. The number of pyridine rings is 1. The van der Waals surface area contributed by atoms with Crippen molar-refractivity contribution in [1.29, 1.82) is 5.26 Å². The van der Waals surface area contributed by atoms with Gasteiger partial charge in [-0.1, -0.05) is 18.2 Å². The number of hydrogen-bond acceptors (Lipinski definition) is 5. The minimum Gasteiger partial charge on any atom is -0.481 e. The van der Waals surface area contributed by atoms with E-state index in [1.807, 2.05) is 36.4 Å². The van der Waals surface area contributed by atoms with E-state index in [0.29, 0.717) is 31.6 Å². The summed E-state index contributed by atoms with van der Waals surface area (Å²) in [5.41, 5.74) is 1.43. The van der Waals surface area contributed by atoms with Gasteiger partial charge in [0.25, 0.3) is 5.91 Å². The highest BCUT2D eigenvalue weighted by Crippen LogP contribution is 2.22. The maximum Gasteiger partial charge on any atom is 0.306 e. The molecule has 132 valence electrons. The molecule has 0 radical (unpaired) electrons. The lowest BCUT2D eigenvalue weighted by Crippen LogP contribution is -2.40. The quantitative estimate of drug-likeness (QED) is 0.648. The van der Waals surface area contributed by atoms with E-state index in [1.165, 1.54) is 11.1 Å². The van der Waals surface area contributed by atoms with Crippen molar-refractivity contribution < 1.29 is 14.7 Å². The predicted octanol–water partition coefficient (Wildman–Crippen LogP) is 2.38. The van der Waals surface area contributed by atoms with E-state index in [1.54, 1.807) is 6.20 Å². The van der Waals surface area contributed by atoms with Gasteiger partial charge in [-0.15, -0.1) is 0 Å². The smallest absolute Gasteiger partial charge is 0.306 e. The van der Waals surface area contributed by atoms with Crippen molar-refractivity contribution in [3.8, 4) is 6.07 Å². The standard InChI is InChI=1S/C19H18N4O3/c20-11-15(18(24)23-9-6-14(7-10-23)19(25)26)12-22-16-5-1-3-13-4-2-8-21-17(13)16/h1-5,8,12,14,22H,6-7,9-10H2,(H,25,26)/b15-12-. The van der Waals surface area contributed by atoms with Crippen LogP contribution in [0.15, 0.2) is 48.3 Å². The highest BCUT2D eigenvalue weighted by Gasteiger charge is 2.28. The second kappa shape index (κ2) is 7.66. The average Bonchev–Trinajstić information content (AvgIpc) is 2.68. The number of aromatic nitrogens is 1. The number of nitrogens with zero attached hydrogens (tertiary/aromatic N) is 3. The third-order valence-electron chi connectivity index (χ3n) is 4.49. The molecule has 26 heavy (non-hydrogen) atoms. The zero-order chi connectivity index (χ0) is 18.5. The van der Waals surface area contributed by atoms with Gasteiger partial charge < -0.3 is 15.3 Å². The second-order valence-corrected chi connectivity index (χ2v) is 6.10. The van der Waals surface area contributed by atoms with Gasteiger partial charge in [0.15, 0.2) is 0 Å². The molecule has 1 saturated heterocycles. The molecular formula is C19H18N4O3. The summed E-state index contributed by atoms with van der Waals surface area (Å²) < 4.78 is 0. The molecule has 2 N–H and O–H groups in total. The fourth-order valence-electron chi connectivity index (χ4n) is 3.01. The lowest BCUT2D eigenvalue weighted by atomic mass is 9.97. The van der Waals surface area contributed by atoms with Crippen molar-refractivity contribution in [3.05, 3.63) is 48.3 Å². The van der Waals surface area contributed by atoms with Gasteiger partial charge >= 0.3 is 5.97 Å². The highest BCUT2D eigenvalue weighted by molar-refractivity contribution is 5.98. The van der Waals surface area contributed by atoms with E-state index in [4.69, 9.17) is 5.11 Å². The van der Waals surface area contributed by atoms with Crippen LogP contribution in [0.3, 0.4) is 0 Å². The van der Waals surface area contributed by atoms with Crippen LogP contribution in [-0.2, 0) is 9.59 Å². The van der Waals surface area contributed by atoms with Crippen LogP contribution in [0.1, 0.15) is 12.8 Å². The topological polar surface area (TPSA) is 106 Å². The number of carbonyl (C=O) groups excluding carboxylic acids is 1. The Hall–Kier alpha value is -3.40. The number of fused-ring (bicyclic) bond motifs is 1. The number of aliphatic carboxylic acids is 1. The molecule has 1 aliphatic rings. The zero-order valence-corrected chi connectivity index (χ0v) is 14.1. The first-order chi connectivity index (χ1) is 12.6. The summed E-state index contributed by atoms with van der Waals surface area (Å²) in [4.78, 5) is 29.4. The van der Waals surface area contributed by atoms with Gasteiger partial charge in [0, 0.05) is 30.9 Å². The molecule has 2 aromatic rings. The number of carbonyl (C=O) groups is 2. The Morgan fingerprint density at radius 1 is 1.27 bits per heavy atom. The molecule has 0 bridgehead atoms. The van der Waals surface area contributed by atoms with Gasteiger partial charge in [0.2, 0.25) is 0 Å². The number of amides is 1. The number of nitriles is 1. The molecule has 3 rings (SSSR count). The van der Waals surface area contributed by atoms with Crippen LogP contribution in [0.25, 0.3) is 10.9 Å². The van der Waals surface area contributed by atoms with Crippen molar-refractivity contribution in [1.82, 2.24) is 9.88 Å². The number of para-hydroxylation sites is 1. The molecule has 0 spiro atoms. The van der Waals surface area contributed by atoms with E-state index in [0.717, 1.165) is 10.9 Å². The van der Waals surface area contributed by atoms with E-state index in [9.17, 15) is 14.9 Å². The van der Waals surface area contributed by atoms with Crippen molar-refractivity contribution in [2.24, 2.45) is 5.92 Å². The number of carboxylic acids is 1. The molecule has 1 aromatic heterocycles. The van der Waals surface area contributed by atoms with Crippen molar-refractivity contribution in [3.63, 3.8) is 0 Å². The van der Waals surface area contributed by atoms with Crippen molar-refractivity contribution in [2.45, 2.75) is 12.8 Å². The lowest BCUT2D eigenvalue weighted by Gasteiger charge is -2.29. The molecule has 0 aliphatic carbocycles. The van der Waals surface area contributed by atoms with Crippen molar-refractivity contribution in [2.75, 3.05) is 18.4 Å². The van der Waals surface area contributed by atoms with E-state index in [2.05, 4.69) is 10.3 Å². The lowest BCUT2D eigenvalue weighted by molar-refractivity contribution is -0.145. The van der Waals surface area contributed by atoms with Gasteiger partial charge in [-0.05, 0) is 25.0 Å². The molecule has 1 fully saturated rings. The molecule has 7 nitrogen and oxygen atoms in total. The Morgan fingerprint density at radius 2 is 2.00 bits per heavy atom. The maximum absolute atomic E-state index is 12.5. The Balaban J connectivity index is 1.73. The summed E-state index contributed by atoms with van der Waals surface area (Å²) in [5.74, 6) is -1.65. The van der Waals surface area contributed by atoms with Crippen LogP contribution in [0.2, 0.25) is 0 Å². The van der Waals surface area contributed by atoms with Crippen molar-refractivity contribution >= 4 is 28.5 Å². The monoisotopic (exact) mass is 350 g/mol. The first kappa shape index (κ1) is 17.4. The van der Waals surface area contributed by atoms with Crippen LogP contribution >= 0.6 is 0 Å². The number of carboxylic acid groups (broad SMARTS) is 1. The number of rotatable bonds is 4. The SMILES string of the molecule is N#C/C(=C/Nc1cccc2cccnc12)C(=O)N1CCC(C(=O)O)CC1. The molecule has 1 aromatic carbocycles. The predicted molar refractivity (Wildman–Crippen MR) is 96.0 cm³/mol. The average molecular weight is 350 g/mol. The molecule has 1 aliphatic heterocycles. The van der Waals surface area contributed by atoms with E-state index >= 15 is 0 Å². The Bertz CT molecular complexity index is 903. The Morgan fingerprint density at radius 3 is 2.69 bits per heavy atom. The zero-order valence-electron chi connectivity index (χ0n) is 14.1. The molecule has 7 heteroatoms. The largest absolute Gasteiger partial charge is 0.481 e. The molecular weight excluding hydrogens is 332 g/mol. The second-order valence-electron chi connectivity index (χ2n) is 6.10. The fourth-order valence-corrected chi connectivity index (χ4v) is 3.01. The number of hydrogen-bond donors (Lipinski definition) is 2. The van der Waals surface area contributed by atoms with Crippen LogP contribution in [0.4, 0.5) is 5.69 Å². The molecule has 2 heterocycles. The van der Waals surface area contributed by atoms with Gasteiger partial charge in [-0.3, -0.25) is 14.6 Å². The number of benzene rings is 1. The minimum absolute atomic E-state index is 0.0216. The molecule has 0 atom stereocenters. The summed E-state index contributed by atoms with van der Waals surface area (Å²) >= 11 is 0. The summed E-state index contributed by atoms with van der Waals surface area (Å²) in [7, 11) is 0. The number of piperidine rings is 1. The third-order valence-corrected chi connectivity index (χ3v) is 4.49. The molecule has 0 saturated carbocycles. The summed E-state index contributed by atoms with van der Waals surface area (Å²) in [6, 6.07) is 11.3. The van der Waals surface area contributed by atoms with Gasteiger partial charge in [0.1, 0.15) is 11.6 Å². The van der Waals surface area contributed by atoms with E-state index in [-0.39, 0.29) is 5.57 Å². The third kappa shape index (κ3) is 3.64. The molecule has 0 unspecified atom stereocenters. The Kier molecular flexibility index (Phi) is 5.13. The highest BCUT2D eigenvalue weighted by atomic mass is 16.4. The first-order valence-corrected chi connectivity index (χ1v) is 8.33. The summed E-state index contributed by atoms with van der Waals surface area (Å²) in [5, 5.41) is 22.3. The normalized spacial score (nSPS) is 15.5. The van der Waals surface area contributed by atoms with E-state index < -0.39 is 17.8 Å². The fraction of sp³-hybridized carbons (Fsp3) is 0.263. The number of nitrogens with one attached hydrogen (secondary N) is 1. The van der Waals surface area contributed by atoms with Gasteiger partial charge in [-0.25, -0.2) is 0 Å². The summed E-state index contributed by atoms with van der Waals surface area (Å²) in [6.45, 7) is 0.676. The summed E-state index contributed by atoms with van der Waals surface area (Å²) in [6.07, 6.45) is 3.87. The number of likely N-dealkylation sites (tertiary alicyclic amines) is 1. The Labute approximate surface area is 150 Å². The minimum atomic E-state index is -0.835. The maximum atomic E-state index is 12.5. The van der Waals surface area contributed by atoms with Crippen LogP contribution in [0, 0.1) is 17.2 Å². The van der Waals surface area contributed by atoms with Crippen LogP contribution in [0.5, 0.6) is 0 Å². The van der Waals surface area contributed by atoms with Gasteiger partial charge in [0.05, 0.1) is 17.1 Å². The first-order valence-electron chi connectivity index (χ1n) is 8.33. The van der Waals surface area contributed by atoms with Crippen LogP contribution in [-0.4, -0.2) is 40.0 Å². The van der Waals surface area contributed by atoms with Crippen LogP contribution < -0.4 is 5.32 Å².